The molecule has 0 N–H and O–H groups in total. The summed E-state index contributed by atoms with van der Waals surface area (Å²) < 4.78 is 0. The summed E-state index contributed by atoms with van der Waals surface area (Å²) in [5.74, 6) is 0. The molecular weight excluding hydrogens is 262 g/mol. The van der Waals surface area contributed by atoms with E-state index in [0.717, 1.165) is 16.5 Å². The molecule has 0 fully saturated rings. The van der Waals surface area contributed by atoms with Gasteiger partial charge in [0, 0.05) is 17.1 Å². The fourth-order valence-corrected chi connectivity index (χ4v) is 2.10. The Labute approximate surface area is 114 Å². The Morgan fingerprint density at radius 1 is 1.11 bits per heavy atom. The zero-order chi connectivity index (χ0) is 13.2. The summed E-state index contributed by atoms with van der Waals surface area (Å²) in [6.07, 6.45) is 3.73. The summed E-state index contributed by atoms with van der Waals surface area (Å²) in [7, 11) is 0. The number of aromatic nitrogens is 3. The summed E-state index contributed by atoms with van der Waals surface area (Å²) in [5, 5.41) is 1.18. The highest BCUT2D eigenvalue weighted by atomic mass is 35.5. The van der Waals surface area contributed by atoms with Gasteiger partial charge in [-0.25, -0.2) is 9.97 Å². The van der Waals surface area contributed by atoms with Crippen LogP contribution in [0, 0.1) is 0 Å². The van der Waals surface area contributed by atoms with Crippen LogP contribution in [0.5, 0.6) is 0 Å². The Morgan fingerprint density at radius 2 is 2.00 bits per heavy atom. The van der Waals surface area contributed by atoms with E-state index in [0.29, 0.717) is 17.5 Å². The Morgan fingerprint density at radius 3 is 2.84 bits per heavy atom. The molecule has 0 aliphatic rings. The molecule has 0 bridgehead atoms. The maximum atomic E-state index is 11.1. The number of carbonyl (C=O) groups is 1. The summed E-state index contributed by atoms with van der Waals surface area (Å²) in [4.78, 5) is 23.3. The topological polar surface area (TPSA) is 55.7 Å². The number of aldehydes is 1. The Hall–Kier alpha value is -2.33. The van der Waals surface area contributed by atoms with E-state index in [1.807, 2.05) is 30.3 Å². The molecule has 3 aromatic rings. The first kappa shape index (κ1) is 11.7. The van der Waals surface area contributed by atoms with Crippen molar-refractivity contribution in [3.63, 3.8) is 0 Å². The first-order valence-electron chi connectivity index (χ1n) is 5.60. The quantitative estimate of drug-likeness (QED) is 0.530. The fraction of sp³-hybridized carbons (Fsp3) is 0. The monoisotopic (exact) mass is 269 g/mol. The zero-order valence-corrected chi connectivity index (χ0v) is 10.5. The average Bonchev–Trinajstić information content (AvgIpc) is 2.46. The molecule has 0 aliphatic carbocycles. The molecule has 2 aromatic heterocycles. The van der Waals surface area contributed by atoms with E-state index >= 15 is 0 Å². The molecule has 92 valence electrons. The third-order valence-electron chi connectivity index (χ3n) is 2.83. The van der Waals surface area contributed by atoms with Crippen LogP contribution < -0.4 is 0 Å². The van der Waals surface area contributed by atoms with E-state index < -0.39 is 0 Å². The van der Waals surface area contributed by atoms with Crippen LogP contribution in [0.4, 0.5) is 0 Å². The van der Waals surface area contributed by atoms with Crippen molar-refractivity contribution in [3.8, 4) is 11.3 Å². The molecule has 0 spiro atoms. The number of nitrogens with zero attached hydrogens (tertiary/aromatic N) is 3. The zero-order valence-electron chi connectivity index (χ0n) is 9.75. The van der Waals surface area contributed by atoms with E-state index in [-0.39, 0.29) is 5.15 Å². The molecule has 0 saturated heterocycles. The molecule has 3 rings (SSSR count). The van der Waals surface area contributed by atoms with Crippen LogP contribution in [0.1, 0.15) is 10.4 Å². The summed E-state index contributed by atoms with van der Waals surface area (Å²) in [6.45, 7) is 0. The second-order valence-corrected chi connectivity index (χ2v) is 4.31. The third-order valence-corrected chi connectivity index (χ3v) is 3.13. The van der Waals surface area contributed by atoms with Gasteiger partial charge in [-0.15, -0.1) is 0 Å². The highest BCUT2D eigenvalue weighted by Gasteiger charge is 2.11. The van der Waals surface area contributed by atoms with Gasteiger partial charge in [-0.1, -0.05) is 29.8 Å². The Kier molecular flexibility index (Phi) is 2.93. The summed E-state index contributed by atoms with van der Waals surface area (Å²) in [6, 6.07) is 9.54. The Bertz CT molecular complexity index is 773. The summed E-state index contributed by atoms with van der Waals surface area (Å²) >= 11 is 5.90. The number of pyridine rings is 1. The number of halogens is 1. The standard InChI is InChI=1S/C14H8ClN3O/c15-14-11(7-19)13(17-8-18-14)10-4-3-9-2-1-5-16-12(9)6-10/h1-8H. The molecule has 19 heavy (non-hydrogen) atoms. The number of hydrogen-bond donors (Lipinski definition) is 0. The molecule has 0 radical (unpaired) electrons. The van der Waals surface area contributed by atoms with Gasteiger partial charge in [0.15, 0.2) is 6.29 Å². The van der Waals surface area contributed by atoms with Gasteiger partial charge in [-0.3, -0.25) is 9.78 Å². The van der Waals surface area contributed by atoms with E-state index in [1.165, 1.54) is 6.33 Å². The first-order chi connectivity index (χ1) is 9.29. The van der Waals surface area contributed by atoms with Gasteiger partial charge < -0.3 is 0 Å². The van der Waals surface area contributed by atoms with Gasteiger partial charge in [0.1, 0.15) is 11.5 Å². The lowest BCUT2D eigenvalue weighted by molar-refractivity contribution is 0.112. The minimum atomic E-state index is 0.154. The van der Waals surface area contributed by atoms with E-state index in [1.54, 1.807) is 6.20 Å². The minimum absolute atomic E-state index is 0.154. The van der Waals surface area contributed by atoms with Crippen LogP contribution in [0.25, 0.3) is 22.2 Å². The number of benzene rings is 1. The van der Waals surface area contributed by atoms with Crippen molar-refractivity contribution in [1.29, 1.82) is 0 Å². The van der Waals surface area contributed by atoms with Gasteiger partial charge in [0.2, 0.25) is 0 Å². The van der Waals surface area contributed by atoms with Crippen molar-refractivity contribution in [2.75, 3.05) is 0 Å². The molecule has 0 saturated carbocycles. The van der Waals surface area contributed by atoms with Crippen LogP contribution in [0.2, 0.25) is 5.15 Å². The predicted molar refractivity (Wildman–Crippen MR) is 73.2 cm³/mol. The van der Waals surface area contributed by atoms with Gasteiger partial charge >= 0.3 is 0 Å². The molecule has 1 aromatic carbocycles. The molecule has 0 atom stereocenters. The van der Waals surface area contributed by atoms with Crippen LogP contribution >= 0.6 is 11.6 Å². The third kappa shape index (κ3) is 2.06. The van der Waals surface area contributed by atoms with Crippen molar-refractivity contribution < 1.29 is 4.79 Å². The molecular formula is C14H8ClN3O. The van der Waals surface area contributed by atoms with Crippen molar-refractivity contribution in [3.05, 3.63) is 53.6 Å². The van der Waals surface area contributed by atoms with Gasteiger partial charge in [0.05, 0.1) is 16.8 Å². The lowest BCUT2D eigenvalue weighted by atomic mass is 10.1. The number of hydrogen-bond acceptors (Lipinski definition) is 4. The van der Waals surface area contributed by atoms with Crippen molar-refractivity contribution >= 4 is 28.8 Å². The SMILES string of the molecule is O=Cc1c(Cl)ncnc1-c1ccc2cccnc2c1. The number of rotatable bonds is 2. The van der Waals surface area contributed by atoms with Gasteiger partial charge in [0.25, 0.3) is 0 Å². The lowest BCUT2D eigenvalue weighted by Crippen LogP contribution is -1.95. The van der Waals surface area contributed by atoms with E-state index in [2.05, 4.69) is 15.0 Å². The maximum absolute atomic E-state index is 11.1. The van der Waals surface area contributed by atoms with Gasteiger partial charge in [-0.05, 0) is 12.1 Å². The Balaban J connectivity index is 2.24. The van der Waals surface area contributed by atoms with Crippen molar-refractivity contribution in [1.82, 2.24) is 15.0 Å². The fourth-order valence-electron chi connectivity index (χ4n) is 1.92. The van der Waals surface area contributed by atoms with E-state index in [9.17, 15) is 4.79 Å². The highest BCUT2D eigenvalue weighted by Crippen LogP contribution is 2.26. The van der Waals surface area contributed by atoms with Crippen molar-refractivity contribution in [2.45, 2.75) is 0 Å². The predicted octanol–water partition coefficient (Wildman–Crippen LogP) is 3.16. The normalized spacial score (nSPS) is 10.6. The first-order valence-corrected chi connectivity index (χ1v) is 5.98. The lowest BCUT2D eigenvalue weighted by Gasteiger charge is -2.05. The molecule has 0 amide bonds. The molecule has 0 unspecified atom stereocenters. The second-order valence-electron chi connectivity index (χ2n) is 3.96. The van der Waals surface area contributed by atoms with Crippen LogP contribution in [-0.4, -0.2) is 21.2 Å². The molecule has 5 heteroatoms. The van der Waals surface area contributed by atoms with Gasteiger partial charge in [-0.2, -0.15) is 0 Å². The van der Waals surface area contributed by atoms with Crippen LogP contribution in [0.15, 0.2) is 42.9 Å². The minimum Gasteiger partial charge on any atom is -0.298 e. The number of carbonyl (C=O) groups excluding carboxylic acids is 1. The van der Waals surface area contributed by atoms with Crippen LogP contribution in [-0.2, 0) is 0 Å². The summed E-state index contributed by atoms with van der Waals surface area (Å²) in [5.41, 5.74) is 2.44. The number of fused-ring (bicyclic) bond motifs is 1. The average molecular weight is 270 g/mol. The molecule has 4 nitrogen and oxygen atoms in total. The molecule has 0 aliphatic heterocycles. The maximum Gasteiger partial charge on any atom is 0.155 e. The van der Waals surface area contributed by atoms with Crippen molar-refractivity contribution in [2.24, 2.45) is 0 Å². The van der Waals surface area contributed by atoms with Crippen LogP contribution in [0.3, 0.4) is 0 Å². The largest absolute Gasteiger partial charge is 0.298 e. The smallest absolute Gasteiger partial charge is 0.155 e. The highest BCUT2D eigenvalue weighted by molar-refractivity contribution is 6.32. The molecule has 2 heterocycles. The van der Waals surface area contributed by atoms with E-state index in [4.69, 9.17) is 11.6 Å². The second kappa shape index (κ2) is 4.74.